The SMILES string of the molecule is CSCCNC(=O)c1cc([N+](=O)[O-])cnc1Cl. The zero-order valence-electron chi connectivity index (χ0n) is 8.97. The van der Waals surface area contributed by atoms with Crippen molar-refractivity contribution >= 4 is 35.0 Å². The van der Waals surface area contributed by atoms with Crippen molar-refractivity contribution in [3.63, 3.8) is 0 Å². The van der Waals surface area contributed by atoms with Crippen molar-refractivity contribution in [2.75, 3.05) is 18.6 Å². The first kappa shape index (κ1) is 13.7. The predicted octanol–water partition coefficient (Wildman–Crippen LogP) is 1.74. The van der Waals surface area contributed by atoms with Crippen LogP contribution in [0.1, 0.15) is 10.4 Å². The van der Waals surface area contributed by atoms with Crippen molar-refractivity contribution in [3.8, 4) is 0 Å². The van der Waals surface area contributed by atoms with E-state index in [0.29, 0.717) is 6.54 Å². The van der Waals surface area contributed by atoms with Gasteiger partial charge in [-0.3, -0.25) is 14.9 Å². The Morgan fingerprint density at radius 2 is 2.41 bits per heavy atom. The fourth-order valence-electron chi connectivity index (χ4n) is 1.06. The number of hydrogen-bond donors (Lipinski definition) is 1. The Morgan fingerprint density at radius 1 is 1.71 bits per heavy atom. The van der Waals surface area contributed by atoms with Gasteiger partial charge in [0.15, 0.2) is 0 Å². The second kappa shape index (κ2) is 6.41. The highest BCUT2D eigenvalue weighted by Crippen LogP contribution is 2.18. The summed E-state index contributed by atoms with van der Waals surface area (Å²) in [6.07, 6.45) is 2.93. The Bertz CT molecular complexity index is 441. The van der Waals surface area contributed by atoms with Gasteiger partial charge in [-0.25, -0.2) is 4.98 Å². The number of thioether (sulfide) groups is 1. The van der Waals surface area contributed by atoms with Crippen LogP contribution in [0.25, 0.3) is 0 Å². The Kier molecular flexibility index (Phi) is 5.17. The Morgan fingerprint density at radius 3 is 3.00 bits per heavy atom. The highest BCUT2D eigenvalue weighted by atomic mass is 35.5. The highest BCUT2D eigenvalue weighted by molar-refractivity contribution is 7.98. The second-order valence-electron chi connectivity index (χ2n) is 3.04. The molecule has 8 heteroatoms. The van der Waals surface area contributed by atoms with Crippen LogP contribution in [0, 0.1) is 10.1 Å². The predicted molar refractivity (Wildman–Crippen MR) is 66.6 cm³/mol. The van der Waals surface area contributed by atoms with Gasteiger partial charge in [-0.1, -0.05) is 11.6 Å². The van der Waals surface area contributed by atoms with E-state index < -0.39 is 10.8 Å². The first-order valence-electron chi connectivity index (χ1n) is 4.63. The molecule has 1 aromatic rings. The number of hydrogen-bond acceptors (Lipinski definition) is 5. The number of amides is 1. The molecule has 1 N–H and O–H groups in total. The van der Waals surface area contributed by atoms with E-state index in [1.807, 2.05) is 6.26 Å². The molecule has 0 spiro atoms. The van der Waals surface area contributed by atoms with E-state index in [1.54, 1.807) is 11.8 Å². The maximum absolute atomic E-state index is 11.6. The summed E-state index contributed by atoms with van der Waals surface area (Å²) in [5.41, 5.74) is -0.244. The van der Waals surface area contributed by atoms with Crippen molar-refractivity contribution < 1.29 is 9.72 Å². The van der Waals surface area contributed by atoms with Crippen LogP contribution < -0.4 is 5.32 Å². The van der Waals surface area contributed by atoms with E-state index in [1.165, 1.54) is 0 Å². The van der Waals surface area contributed by atoms with E-state index in [-0.39, 0.29) is 16.4 Å². The molecule has 1 rings (SSSR count). The number of carbonyl (C=O) groups excluding carboxylic acids is 1. The quantitative estimate of drug-likeness (QED) is 0.383. The van der Waals surface area contributed by atoms with Gasteiger partial charge in [0, 0.05) is 18.4 Å². The maximum Gasteiger partial charge on any atom is 0.288 e. The number of carbonyl (C=O) groups is 1. The molecule has 0 atom stereocenters. The molecule has 0 saturated carbocycles. The van der Waals surface area contributed by atoms with Crippen LogP contribution in [-0.2, 0) is 0 Å². The van der Waals surface area contributed by atoms with Gasteiger partial charge in [-0.15, -0.1) is 0 Å². The maximum atomic E-state index is 11.6. The molecule has 0 aromatic carbocycles. The minimum Gasteiger partial charge on any atom is -0.351 e. The van der Waals surface area contributed by atoms with Gasteiger partial charge >= 0.3 is 0 Å². The van der Waals surface area contributed by atoms with Crippen molar-refractivity contribution in [2.45, 2.75) is 0 Å². The first-order valence-corrected chi connectivity index (χ1v) is 6.40. The molecule has 6 nitrogen and oxygen atoms in total. The molecule has 0 aliphatic carbocycles. The summed E-state index contributed by atoms with van der Waals surface area (Å²) in [6.45, 7) is 0.471. The lowest BCUT2D eigenvalue weighted by molar-refractivity contribution is -0.385. The average Bonchev–Trinajstić information content (AvgIpc) is 2.29. The van der Waals surface area contributed by atoms with E-state index in [0.717, 1.165) is 18.0 Å². The molecule has 0 aliphatic rings. The van der Waals surface area contributed by atoms with Crippen LogP contribution >= 0.6 is 23.4 Å². The molecular formula is C9H10ClN3O3S. The second-order valence-corrected chi connectivity index (χ2v) is 4.38. The molecule has 0 radical (unpaired) electrons. The number of nitrogens with zero attached hydrogens (tertiary/aromatic N) is 2. The van der Waals surface area contributed by atoms with Crippen molar-refractivity contribution in [1.82, 2.24) is 10.3 Å². The van der Waals surface area contributed by atoms with Crippen molar-refractivity contribution in [2.24, 2.45) is 0 Å². The lowest BCUT2D eigenvalue weighted by Crippen LogP contribution is -2.26. The summed E-state index contributed by atoms with van der Waals surface area (Å²) < 4.78 is 0. The molecule has 1 aromatic heterocycles. The standard InChI is InChI=1S/C9H10ClN3O3S/c1-17-3-2-11-9(14)7-4-6(13(15)16)5-12-8(7)10/h4-5H,2-3H2,1H3,(H,11,14). The third-order valence-electron chi connectivity index (χ3n) is 1.87. The van der Waals surface area contributed by atoms with Crippen molar-refractivity contribution in [3.05, 3.63) is 33.1 Å². The Hall–Kier alpha value is -1.34. The minimum absolute atomic E-state index is 0.0157. The topological polar surface area (TPSA) is 85.1 Å². The number of halogens is 1. The highest BCUT2D eigenvalue weighted by Gasteiger charge is 2.16. The summed E-state index contributed by atoms with van der Waals surface area (Å²) in [4.78, 5) is 25.2. The monoisotopic (exact) mass is 275 g/mol. The van der Waals surface area contributed by atoms with E-state index in [4.69, 9.17) is 11.6 Å². The molecular weight excluding hydrogens is 266 g/mol. The van der Waals surface area contributed by atoms with Gasteiger partial charge in [-0.05, 0) is 6.26 Å². The third-order valence-corrected chi connectivity index (χ3v) is 2.79. The summed E-state index contributed by atoms with van der Waals surface area (Å²) in [6, 6.07) is 1.11. The summed E-state index contributed by atoms with van der Waals surface area (Å²) in [5, 5.41) is 13.1. The summed E-state index contributed by atoms with van der Waals surface area (Å²) >= 11 is 7.29. The van der Waals surface area contributed by atoms with Gasteiger partial charge in [0.05, 0.1) is 10.5 Å². The number of nitro groups is 1. The van der Waals surface area contributed by atoms with Gasteiger partial charge < -0.3 is 5.32 Å². The van der Waals surface area contributed by atoms with E-state index in [2.05, 4.69) is 10.3 Å². The minimum atomic E-state index is -0.623. The van der Waals surface area contributed by atoms with Gasteiger partial charge in [0.2, 0.25) is 0 Å². The Labute approximate surface area is 107 Å². The normalized spacial score (nSPS) is 10.0. The third kappa shape index (κ3) is 3.86. The average molecular weight is 276 g/mol. The largest absolute Gasteiger partial charge is 0.351 e. The zero-order valence-corrected chi connectivity index (χ0v) is 10.5. The van der Waals surface area contributed by atoms with Crippen LogP contribution in [0.5, 0.6) is 0 Å². The smallest absolute Gasteiger partial charge is 0.288 e. The fraction of sp³-hybridized carbons (Fsp3) is 0.333. The van der Waals surface area contributed by atoms with Crippen LogP contribution in [0.4, 0.5) is 5.69 Å². The molecule has 92 valence electrons. The Balaban J connectivity index is 2.84. The van der Waals surface area contributed by atoms with Gasteiger partial charge in [0.1, 0.15) is 11.3 Å². The van der Waals surface area contributed by atoms with Crippen LogP contribution in [-0.4, -0.2) is 34.4 Å². The van der Waals surface area contributed by atoms with Gasteiger partial charge in [0.25, 0.3) is 11.6 Å². The lowest BCUT2D eigenvalue weighted by Gasteiger charge is -2.04. The fourth-order valence-corrected chi connectivity index (χ4v) is 1.55. The summed E-state index contributed by atoms with van der Waals surface area (Å²) in [5.74, 6) is 0.298. The van der Waals surface area contributed by atoms with E-state index >= 15 is 0 Å². The molecule has 1 amide bonds. The number of rotatable bonds is 5. The van der Waals surface area contributed by atoms with Crippen LogP contribution in [0.2, 0.25) is 5.15 Å². The lowest BCUT2D eigenvalue weighted by atomic mass is 10.2. The van der Waals surface area contributed by atoms with Gasteiger partial charge in [-0.2, -0.15) is 11.8 Å². The molecule has 0 fully saturated rings. The molecule has 0 aliphatic heterocycles. The first-order chi connectivity index (χ1) is 8.06. The number of nitrogens with one attached hydrogen (secondary N) is 1. The summed E-state index contributed by atoms with van der Waals surface area (Å²) in [7, 11) is 0. The van der Waals surface area contributed by atoms with Crippen molar-refractivity contribution in [1.29, 1.82) is 0 Å². The molecule has 0 saturated heterocycles. The van der Waals surface area contributed by atoms with Crippen LogP contribution in [0.15, 0.2) is 12.3 Å². The zero-order chi connectivity index (χ0) is 12.8. The van der Waals surface area contributed by atoms with Crippen LogP contribution in [0.3, 0.4) is 0 Å². The molecule has 0 bridgehead atoms. The van der Waals surface area contributed by atoms with E-state index in [9.17, 15) is 14.9 Å². The number of pyridine rings is 1. The molecule has 0 unspecified atom stereocenters. The molecule has 17 heavy (non-hydrogen) atoms. The number of aromatic nitrogens is 1. The molecule has 1 heterocycles.